The zero-order valence-corrected chi connectivity index (χ0v) is 12.6. The molecule has 0 aliphatic rings. The maximum Gasteiger partial charge on any atom is 0.335 e. The number of hydrogen-bond acceptors (Lipinski definition) is 2. The number of aryl methyl sites for hydroxylation is 1. The zero-order valence-electron chi connectivity index (χ0n) is 12.6. The minimum absolute atomic E-state index is 0.149. The number of carboxylic acids is 1. The molecule has 5 heteroatoms. The van der Waals surface area contributed by atoms with Gasteiger partial charge in [0.2, 0.25) is 0 Å². The number of carbonyl (C=O) groups excluding carboxylic acids is 1. The van der Waals surface area contributed by atoms with E-state index >= 15 is 0 Å². The quantitative estimate of drug-likeness (QED) is 0.778. The van der Waals surface area contributed by atoms with Crippen molar-refractivity contribution in [1.29, 1.82) is 0 Å². The molecular weight excluding hydrogens is 292 g/mol. The van der Waals surface area contributed by atoms with E-state index in [1.165, 1.54) is 12.1 Å². The Morgan fingerprint density at radius 2 is 1.83 bits per heavy atom. The van der Waals surface area contributed by atoms with Gasteiger partial charge in [-0.2, -0.15) is 0 Å². The van der Waals surface area contributed by atoms with Gasteiger partial charge in [0.05, 0.1) is 5.56 Å². The summed E-state index contributed by atoms with van der Waals surface area (Å²) < 4.78 is 1.97. The van der Waals surface area contributed by atoms with Gasteiger partial charge in [-0.3, -0.25) is 4.79 Å². The lowest BCUT2D eigenvalue weighted by atomic mass is 10.1. The largest absolute Gasteiger partial charge is 0.478 e. The van der Waals surface area contributed by atoms with Crippen molar-refractivity contribution < 1.29 is 14.7 Å². The van der Waals surface area contributed by atoms with E-state index in [2.05, 4.69) is 5.32 Å². The molecule has 0 unspecified atom stereocenters. The lowest BCUT2D eigenvalue weighted by molar-refractivity contribution is 0.0696. The summed E-state index contributed by atoms with van der Waals surface area (Å²) in [6, 6.07) is 14.0. The summed E-state index contributed by atoms with van der Waals surface area (Å²) >= 11 is 0. The van der Waals surface area contributed by atoms with Crippen molar-refractivity contribution >= 4 is 22.8 Å². The molecule has 1 amide bonds. The standard InChI is InChI=1S/C18H16N2O3/c1-20-10-9-14-15(3-2-4-16(14)20)17(21)19-11-12-5-7-13(8-6-12)18(22)23/h2-10H,11H2,1H3,(H,19,21)(H,22,23). The minimum atomic E-state index is -0.962. The van der Waals surface area contributed by atoms with Gasteiger partial charge in [-0.25, -0.2) is 4.79 Å². The number of benzene rings is 2. The van der Waals surface area contributed by atoms with Crippen LogP contribution in [0.1, 0.15) is 26.3 Å². The highest BCUT2D eigenvalue weighted by atomic mass is 16.4. The predicted molar refractivity (Wildman–Crippen MR) is 87.5 cm³/mol. The summed E-state index contributed by atoms with van der Waals surface area (Å²) in [6.45, 7) is 0.349. The third kappa shape index (κ3) is 2.94. The molecule has 0 radical (unpaired) electrons. The van der Waals surface area contributed by atoms with Gasteiger partial charge in [-0.05, 0) is 35.9 Å². The highest BCUT2D eigenvalue weighted by Crippen LogP contribution is 2.19. The SMILES string of the molecule is Cn1ccc2c(C(=O)NCc3ccc(C(=O)O)cc3)cccc21. The van der Waals surface area contributed by atoms with Crippen molar-refractivity contribution in [2.24, 2.45) is 7.05 Å². The molecule has 1 heterocycles. The van der Waals surface area contributed by atoms with E-state index in [9.17, 15) is 9.59 Å². The number of carbonyl (C=O) groups is 2. The molecule has 0 bridgehead atoms. The Hall–Kier alpha value is -3.08. The van der Waals surface area contributed by atoms with Gasteiger partial charge in [-0.1, -0.05) is 18.2 Å². The van der Waals surface area contributed by atoms with Gasteiger partial charge in [0.1, 0.15) is 0 Å². The van der Waals surface area contributed by atoms with E-state index in [-0.39, 0.29) is 11.5 Å². The van der Waals surface area contributed by atoms with Crippen molar-refractivity contribution in [3.63, 3.8) is 0 Å². The monoisotopic (exact) mass is 308 g/mol. The van der Waals surface area contributed by atoms with Crippen LogP contribution in [0.2, 0.25) is 0 Å². The fourth-order valence-electron chi connectivity index (χ4n) is 2.54. The maximum absolute atomic E-state index is 12.4. The Balaban J connectivity index is 1.75. The van der Waals surface area contributed by atoms with Crippen LogP contribution in [0.4, 0.5) is 0 Å². The van der Waals surface area contributed by atoms with E-state index in [0.717, 1.165) is 16.5 Å². The fourth-order valence-corrected chi connectivity index (χ4v) is 2.54. The van der Waals surface area contributed by atoms with Crippen LogP contribution < -0.4 is 5.32 Å². The van der Waals surface area contributed by atoms with Gasteiger partial charge >= 0.3 is 5.97 Å². The van der Waals surface area contributed by atoms with Gasteiger partial charge in [-0.15, -0.1) is 0 Å². The van der Waals surface area contributed by atoms with E-state index < -0.39 is 5.97 Å². The summed E-state index contributed by atoms with van der Waals surface area (Å²) in [5.41, 5.74) is 2.71. The third-order valence-electron chi connectivity index (χ3n) is 3.83. The Kier molecular flexibility index (Phi) is 3.85. The molecule has 2 aromatic carbocycles. The van der Waals surface area contributed by atoms with E-state index in [1.807, 2.05) is 36.0 Å². The second-order valence-corrected chi connectivity index (χ2v) is 5.35. The Labute approximate surface area is 133 Å². The number of aromatic nitrogens is 1. The molecule has 5 nitrogen and oxygen atoms in total. The molecule has 3 aromatic rings. The van der Waals surface area contributed by atoms with E-state index in [4.69, 9.17) is 5.11 Å². The fraction of sp³-hybridized carbons (Fsp3) is 0.111. The Bertz CT molecular complexity index is 879. The first-order chi connectivity index (χ1) is 11.1. The smallest absolute Gasteiger partial charge is 0.335 e. The Morgan fingerprint density at radius 3 is 2.52 bits per heavy atom. The van der Waals surface area contributed by atoms with Gasteiger partial charge in [0.25, 0.3) is 5.91 Å². The average molecular weight is 308 g/mol. The number of fused-ring (bicyclic) bond motifs is 1. The Morgan fingerprint density at radius 1 is 1.09 bits per heavy atom. The predicted octanol–water partition coefficient (Wildman–Crippen LogP) is 2.81. The van der Waals surface area contributed by atoms with Crippen LogP contribution in [0.5, 0.6) is 0 Å². The lowest BCUT2D eigenvalue weighted by Crippen LogP contribution is -2.23. The number of nitrogens with zero attached hydrogens (tertiary/aromatic N) is 1. The molecule has 116 valence electrons. The molecule has 23 heavy (non-hydrogen) atoms. The minimum Gasteiger partial charge on any atom is -0.478 e. The molecule has 0 aliphatic carbocycles. The van der Waals surface area contributed by atoms with Crippen LogP contribution in [0.25, 0.3) is 10.9 Å². The maximum atomic E-state index is 12.4. The highest BCUT2D eigenvalue weighted by molar-refractivity contribution is 6.06. The molecule has 2 N–H and O–H groups in total. The van der Waals surface area contributed by atoms with Crippen molar-refractivity contribution in [3.8, 4) is 0 Å². The molecule has 0 aliphatic heterocycles. The first kappa shape index (κ1) is 14.8. The van der Waals surface area contributed by atoms with Crippen molar-refractivity contribution in [2.45, 2.75) is 6.54 Å². The van der Waals surface area contributed by atoms with E-state index in [0.29, 0.717) is 12.1 Å². The van der Waals surface area contributed by atoms with Crippen LogP contribution >= 0.6 is 0 Å². The summed E-state index contributed by atoms with van der Waals surface area (Å²) in [6.07, 6.45) is 1.92. The lowest BCUT2D eigenvalue weighted by Gasteiger charge is -2.07. The zero-order chi connectivity index (χ0) is 16.4. The summed E-state index contributed by atoms with van der Waals surface area (Å²) in [4.78, 5) is 23.2. The van der Waals surface area contributed by atoms with Crippen LogP contribution in [-0.4, -0.2) is 21.6 Å². The average Bonchev–Trinajstić information content (AvgIpc) is 2.94. The van der Waals surface area contributed by atoms with Crippen molar-refractivity contribution in [2.75, 3.05) is 0 Å². The molecule has 0 spiro atoms. The molecule has 0 saturated carbocycles. The third-order valence-corrected chi connectivity index (χ3v) is 3.83. The normalized spacial score (nSPS) is 10.7. The summed E-state index contributed by atoms with van der Waals surface area (Å²) in [5, 5.41) is 12.7. The highest BCUT2D eigenvalue weighted by Gasteiger charge is 2.11. The van der Waals surface area contributed by atoms with E-state index in [1.54, 1.807) is 18.2 Å². The molecular formula is C18H16N2O3. The number of amides is 1. The van der Waals surface area contributed by atoms with Crippen LogP contribution in [0.15, 0.2) is 54.7 Å². The van der Waals surface area contributed by atoms with Gasteiger partial charge < -0.3 is 15.0 Å². The number of rotatable bonds is 4. The summed E-state index contributed by atoms with van der Waals surface area (Å²) in [7, 11) is 1.94. The van der Waals surface area contributed by atoms with Gasteiger partial charge in [0.15, 0.2) is 0 Å². The van der Waals surface area contributed by atoms with Crippen LogP contribution in [0, 0.1) is 0 Å². The van der Waals surface area contributed by atoms with Crippen LogP contribution in [-0.2, 0) is 13.6 Å². The molecule has 0 saturated heterocycles. The van der Waals surface area contributed by atoms with Crippen molar-refractivity contribution in [3.05, 3.63) is 71.4 Å². The molecule has 3 rings (SSSR count). The first-order valence-electron chi connectivity index (χ1n) is 7.21. The van der Waals surface area contributed by atoms with Crippen molar-refractivity contribution in [1.82, 2.24) is 9.88 Å². The second kappa shape index (κ2) is 5.96. The molecule has 0 fully saturated rings. The number of carboxylic acid groups (broad SMARTS) is 1. The molecule has 0 atom stereocenters. The van der Waals surface area contributed by atoms with Gasteiger partial charge in [0, 0.05) is 36.3 Å². The first-order valence-corrected chi connectivity index (χ1v) is 7.21. The second-order valence-electron chi connectivity index (χ2n) is 5.35. The topological polar surface area (TPSA) is 71.3 Å². The molecule has 1 aromatic heterocycles. The number of nitrogens with one attached hydrogen (secondary N) is 1. The number of hydrogen-bond donors (Lipinski definition) is 2. The van der Waals surface area contributed by atoms with Crippen LogP contribution in [0.3, 0.4) is 0 Å². The summed E-state index contributed by atoms with van der Waals surface area (Å²) in [5.74, 6) is -1.11. The number of aromatic carboxylic acids is 1.